The van der Waals surface area contributed by atoms with Crippen LogP contribution in [-0.4, -0.2) is 0 Å². The molecule has 0 saturated carbocycles. The number of para-hydroxylation sites is 2. The van der Waals surface area contributed by atoms with Gasteiger partial charge in [0.15, 0.2) is 0 Å². The minimum Gasteiger partial charge on any atom is -0.457 e. The number of hydrogen-bond donors (Lipinski definition) is 1. The molecule has 0 N–H and O–H groups in total. The Hall–Kier alpha value is -2.44. The van der Waals surface area contributed by atoms with Crippen molar-refractivity contribution >= 4 is 33.5 Å². The molecule has 28 heavy (non-hydrogen) atoms. The first-order valence-electron chi connectivity index (χ1n) is 8.97. The predicted octanol–water partition coefficient (Wildman–Crippen LogP) is 7.67. The fourth-order valence-electron chi connectivity index (χ4n) is 3.28. The Morgan fingerprint density at radius 2 is 1.11 bits per heavy atom. The molecular formula is C24H17IO2S. The third-order valence-corrected chi connectivity index (χ3v) is 7.81. The Labute approximate surface area is 180 Å². The number of fused-ring (bicyclic) bond motifs is 2. The van der Waals surface area contributed by atoms with Crippen LogP contribution in [0, 0.1) is 3.57 Å². The zero-order valence-electron chi connectivity index (χ0n) is 14.9. The minimum absolute atomic E-state index is 0.656. The van der Waals surface area contributed by atoms with E-state index >= 15 is 0 Å². The molecule has 0 bridgehead atoms. The lowest BCUT2D eigenvalue weighted by atomic mass is 10.3. The first kappa shape index (κ1) is 17.6. The molecule has 1 aliphatic heterocycles. The normalized spacial score (nSPS) is 13.2. The largest absolute Gasteiger partial charge is 0.457 e. The van der Waals surface area contributed by atoms with Crippen LogP contribution in [0.3, 0.4) is 0 Å². The molecule has 0 radical (unpaired) electrons. The van der Waals surface area contributed by atoms with Gasteiger partial charge in [-0.3, -0.25) is 0 Å². The SMILES string of the molecule is Ic1ccc(Oc2ccc([SH]3c4ccccc4Oc4ccccc43)cc2)cc1. The molecule has 0 fully saturated rings. The molecule has 138 valence electrons. The lowest BCUT2D eigenvalue weighted by Crippen LogP contribution is -2.00. The van der Waals surface area contributed by atoms with Crippen molar-refractivity contribution in [3.63, 3.8) is 0 Å². The van der Waals surface area contributed by atoms with Crippen molar-refractivity contribution in [3.8, 4) is 23.0 Å². The van der Waals surface area contributed by atoms with E-state index in [0.29, 0.717) is 0 Å². The lowest BCUT2D eigenvalue weighted by Gasteiger charge is -2.31. The summed E-state index contributed by atoms with van der Waals surface area (Å²) >= 11 is 2.29. The summed E-state index contributed by atoms with van der Waals surface area (Å²) in [6.07, 6.45) is 0. The highest BCUT2D eigenvalue weighted by Crippen LogP contribution is 2.61. The fraction of sp³-hybridized carbons (Fsp3) is 0. The molecule has 4 aromatic rings. The molecule has 1 heterocycles. The van der Waals surface area contributed by atoms with E-state index in [-0.39, 0.29) is 0 Å². The maximum atomic E-state index is 6.13. The zero-order chi connectivity index (χ0) is 18.9. The Kier molecular flexibility index (Phi) is 4.74. The van der Waals surface area contributed by atoms with Gasteiger partial charge in [0, 0.05) is 13.4 Å². The number of rotatable bonds is 3. The average molecular weight is 496 g/mol. The molecule has 0 saturated heterocycles. The Balaban J connectivity index is 1.50. The standard InChI is InChI=1S/C24H17IO2S/c25-17-9-11-18(12-10-17)26-19-13-15-20(16-14-19)28-23-7-3-1-5-21(23)27-22-6-2-4-8-24(22)28/h1-16,28H. The van der Waals surface area contributed by atoms with Gasteiger partial charge in [0.05, 0.1) is 0 Å². The van der Waals surface area contributed by atoms with Crippen LogP contribution in [0.5, 0.6) is 23.0 Å². The van der Waals surface area contributed by atoms with Gasteiger partial charge >= 0.3 is 0 Å². The van der Waals surface area contributed by atoms with Crippen molar-refractivity contribution in [2.45, 2.75) is 14.7 Å². The van der Waals surface area contributed by atoms with Gasteiger partial charge < -0.3 is 9.47 Å². The molecule has 0 amide bonds. The molecule has 1 aliphatic rings. The quantitative estimate of drug-likeness (QED) is 0.204. The summed E-state index contributed by atoms with van der Waals surface area (Å²) < 4.78 is 13.3. The van der Waals surface area contributed by atoms with Crippen LogP contribution < -0.4 is 9.47 Å². The van der Waals surface area contributed by atoms with Gasteiger partial charge in [0.1, 0.15) is 23.0 Å². The van der Waals surface area contributed by atoms with Crippen LogP contribution in [-0.2, 0) is 0 Å². The van der Waals surface area contributed by atoms with Gasteiger partial charge in [-0.2, -0.15) is 10.9 Å². The molecule has 0 unspecified atom stereocenters. The molecule has 0 aromatic heterocycles. The van der Waals surface area contributed by atoms with Crippen molar-refractivity contribution in [2.24, 2.45) is 0 Å². The lowest BCUT2D eigenvalue weighted by molar-refractivity contribution is 0.453. The van der Waals surface area contributed by atoms with Crippen LogP contribution in [0.4, 0.5) is 0 Å². The molecule has 2 nitrogen and oxygen atoms in total. The van der Waals surface area contributed by atoms with E-state index in [1.807, 2.05) is 36.4 Å². The van der Waals surface area contributed by atoms with Crippen LogP contribution in [0.2, 0.25) is 0 Å². The van der Waals surface area contributed by atoms with Gasteiger partial charge in [-0.15, -0.1) is 0 Å². The van der Waals surface area contributed by atoms with E-state index in [2.05, 4.69) is 83.3 Å². The molecule has 0 atom stereocenters. The second-order valence-electron chi connectivity index (χ2n) is 6.42. The summed E-state index contributed by atoms with van der Waals surface area (Å²) in [5.74, 6) is 3.59. The molecule has 4 aromatic carbocycles. The predicted molar refractivity (Wildman–Crippen MR) is 122 cm³/mol. The first-order valence-corrected chi connectivity index (χ1v) is 11.4. The highest BCUT2D eigenvalue weighted by Gasteiger charge is 2.25. The molecule has 5 rings (SSSR count). The van der Waals surface area contributed by atoms with E-state index < -0.39 is 10.9 Å². The van der Waals surface area contributed by atoms with Gasteiger partial charge in [-0.05, 0) is 100 Å². The monoisotopic (exact) mass is 496 g/mol. The molecular weight excluding hydrogens is 479 g/mol. The fourth-order valence-corrected chi connectivity index (χ4v) is 6.06. The van der Waals surface area contributed by atoms with Crippen molar-refractivity contribution in [3.05, 3.63) is 101 Å². The van der Waals surface area contributed by atoms with E-state index in [1.165, 1.54) is 18.3 Å². The highest BCUT2D eigenvalue weighted by atomic mass is 127. The van der Waals surface area contributed by atoms with Gasteiger partial charge in [0.25, 0.3) is 0 Å². The summed E-state index contributed by atoms with van der Waals surface area (Å²) in [6, 6.07) is 33.2. The van der Waals surface area contributed by atoms with Crippen molar-refractivity contribution in [1.82, 2.24) is 0 Å². The third-order valence-electron chi connectivity index (χ3n) is 4.58. The van der Waals surface area contributed by atoms with Crippen LogP contribution >= 0.6 is 33.5 Å². The minimum atomic E-state index is -0.656. The van der Waals surface area contributed by atoms with Crippen molar-refractivity contribution in [1.29, 1.82) is 0 Å². The molecule has 0 spiro atoms. The molecule has 0 aliphatic carbocycles. The van der Waals surface area contributed by atoms with Crippen LogP contribution in [0.1, 0.15) is 0 Å². The maximum Gasteiger partial charge on any atom is 0.139 e. The smallest absolute Gasteiger partial charge is 0.139 e. The summed E-state index contributed by atoms with van der Waals surface area (Å²) in [5, 5.41) is 0. The Morgan fingerprint density at radius 1 is 0.607 bits per heavy atom. The second kappa shape index (κ2) is 7.53. The summed E-state index contributed by atoms with van der Waals surface area (Å²) in [5.41, 5.74) is 0. The number of hydrogen-bond acceptors (Lipinski definition) is 2. The van der Waals surface area contributed by atoms with Crippen LogP contribution in [0.15, 0.2) is 112 Å². The number of benzene rings is 4. The van der Waals surface area contributed by atoms with Gasteiger partial charge in [0.2, 0.25) is 0 Å². The van der Waals surface area contributed by atoms with Crippen molar-refractivity contribution in [2.75, 3.05) is 0 Å². The van der Waals surface area contributed by atoms with Gasteiger partial charge in [-0.25, -0.2) is 0 Å². The number of ether oxygens (including phenoxy) is 2. The maximum absolute atomic E-state index is 6.13. The van der Waals surface area contributed by atoms with E-state index in [0.717, 1.165) is 23.0 Å². The van der Waals surface area contributed by atoms with E-state index in [1.54, 1.807) is 0 Å². The average Bonchev–Trinajstić information content (AvgIpc) is 2.74. The third kappa shape index (κ3) is 3.38. The number of halogens is 1. The Morgan fingerprint density at radius 3 is 1.68 bits per heavy atom. The summed E-state index contributed by atoms with van der Waals surface area (Å²) in [7, 11) is -0.656. The molecule has 4 heteroatoms. The van der Waals surface area contributed by atoms with E-state index in [9.17, 15) is 0 Å². The topological polar surface area (TPSA) is 18.5 Å². The zero-order valence-corrected chi connectivity index (χ0v) is 17.9. The van der Waals surface area contributed by atoms with Crippen molar-refractivity contribution < 1.29 is 9.47 Å². The first-order chi connectivity index (χ1) is 13.8. The van der Waals surface area contributed by atoms with Crippen LogP contribution in [0.25, 0.3) is 0 Å². The number of thiol groups is 1. The summed E-state index contributed by atoms with van der Waals surface area (Å²) in [4.78, 5) is 3.79. The van der Waals surface area contributed by atoms with E-state index in [4.69, 9.17) is 9.47 Å². The summed E-state index contributed by atoms with van der Waals surface area (Å²) in [6.45, 7) is 0. The van der Waals surface area contributed by atoms with Gasteiger partial charge in [-0.1, -0.05) is 24.3 Å². The Bertz CT molecular complexity index is 1080. The second-order valence-corrected chi connectivity index (χ2v) is 9.82. The highest BCUT2D eigenvalue weighted by molar-refractivity contribution is 14.1.